The largest absolute Gasteiger partial charge is 0.359 e. The Morgan fingerprint density at radius 3 is 3.00 bits per heavy atom. The van der Waals surface area contributed by atoms with Crippen LogP contribution in [0.25, 0.3) is 0 Å². The van der Waals surface area contributed by atoms with Gasteiger partial charge in [0.2, 0.25) is 5.91 Å². The van der Waals surface area contributed by atoms with Crippen molar-refractivity contribution in [1.82, 2.24) is 15.5 Å². The fraction of sp³-hybridized carbons (Fsp3) is 0.917. The minimum absolute atomic E-state index is 0.137. The number of hydrogen-bond acceptors (Lipinski definition) is 3. The maximum Gasteiger partial charge on any atom is 0.219 e. The zero-order valence-electron chi connectivity index (χ0n) is 10.6. The molecular formula is C12H25N3O. The van der Waals surface area contributed by atoms with E-state index in [9.17, 15) is 4.79 Å². The molecule has 0 aromatic heterocycles. The van der Waals surface area contributed by atoms with Crippen LogP contribution in [-0.2, 0) is 4.79 Å². The Kier molecular flexibility index (Phi) is 6.42. The van der Waals surface area contributed by atoms with E-state index in [0.717, 1.165) is 26.1 Å². The lowest BCUT2D eigenvalue weighted by Gasteiger charge is -2.22. The van der Waals surface area contributed by atoms with Crippen molar-refractivity contribution < 1.29 is 4.79 Å². The van der Waals surface area contributed by atoms with Gasteiger partial charge in [-0.05, 0) is 38.9 Å². The van der Waals surface area contributed by atoms with Crippen LogP contribution in [0.4, 0.5) is 0 Å². The van der Waals surface area contributed by atoms with Gasteiger partial charge in [-0.2, -0.15) is 0 Å². The molecule has 2 N–H and O–H groups in total. The van der Waals surface area contributed by atoms with Gasteiger partial charge in [0, 0.05) is 26.1 Å². The molecule has 1 heterocycles. The van der Waals surface area contributed by atoms with Crippen LogP contribution in [-0.4, -0.2) is 50.1 Å². The van der Waals surface area contributed by atoms with Crippen molar-refractivity contribution in [3.8, 4) is 0 Å². The highest BCUT2D eigenvalue weighted by atomic mass is 16.1. The second kappa shape index (κ2) is 7.63. The summed E-state index contributed by atoms with van der Waals surface area (Å²) < 4.78 is 0. The second-order valence-electron chi connectivity index (χ2n) is 4.41. The lowest BCUT2D eigenvalue weighted by molar-refractivity contribution is -0.120. The van der Waals surface area contributed by atoms with Crippen LogP contribution in [0.5, 0.6) is 0 Å². The molecule has 94 valence electrons. The van der Waals surface area contributed by atoms with Gasteiger partial charge in [-0.15, -0.1) is 0 Å². The molecule has 1 unspecified atom stereocenters. The molecule has 4 heteroatoms. The summed E-state index contributed by atoms with van der Waals surface area (Å²) in [5.74, 6) is 0.137. The Bertz CT molecular complexity index is 208. The minimum Gasteiger partial charge on any atom is -0.359 e. The molecule has 0 aliphatic carbocycles. The average Bonchev–Trinajstić information content (AvgIpc) is 2.75. The number of rotatable bonds is 7. The van der Waals surface area contributed by atoms with Crippen molar-refractivity contribution in [2.45, 2.75) is 38.6 Å². The van der Waals surface area contributed by atoms with Gasteiger partial charge in [0.05, 0.1) is 0 Å². The van der Waals surface area contributed by atoms with Gasteiger partial charge >= 0.3 is 0 Å². The first-order chi connectivity index (χ1) is 7.77. The van der Waals surface area contributed by atoms with Gasteiger partial charge in [-0.1, -0.05) is 6.92 Å². The molecule has 0 saturated carbocycles. The molecule has 4 nitrogen and oxygen atoms in total. The molecule has 0 radical (unpaired) electrons. The van der Waals surface area contributed by atoms with Gasteiger partial charge in [0.1, 0.15) is 0 Å². The standard InChI is InChI=1S/C12H25N3O/c1-3-15-9-5-6-11(15)10-14-8-4-7-12(16)13-2/h11,14H,3-10H2,1-2H3,(H,13,16). The first-order valence-electron chi connectivity index (χ1n) is 6.43. The van der Waals surface area contributed by atoms with Crippen molar-refractivity contribution in [3.63, 3.8) is 0 Å². The highest BCUT2D eigenvalue weighted by Crippen LogP contribution is 2.15. The number of nitrogens with zero attached hydrogens (tertiary/aromatic N) is 1. The van der Waals surface area contributed by atoms with E-state index in [-0.39, 0.29) is 5.91 Å². The topological polar surface area (TPSA) is 44.4 Å². The summed E-state index contributed by atoms with van der Waals surface area (Å²) in [4.78, 5) is 13.5. The minimum atomic E-state index is 0.137. The van der Waals surface area contributed by atoms with Crippen molar-refractivity contribution in [2.24, 2.45) is 0 Å². The SMILES string of the molecule is CCN1CCCC1CNCCCC(=O)NC. The molecule has 0 bridgehead atoms. The Balaban J connectivity index is 2.00. The third kappa shape index (κ3) is 4.49. The van der Waals surface area contributed by atoms with Gasteiger partial charge in [0.15, 0.2) is 0 Å². The molecular weight excluding hydrogens is 202 g/mol. The number of hydrogen-bond donors (Lipinski definition) is 2. The second-order valence-corrected chi connectivity index (χ2v) is 4.41. The van der Waals surface area contributed by atoms with E-state index in [1.54, 1.807) is 7.05 Å². The Morgan fingerprint density at radius 2 is 2.31 bits per heavy atom. The summed E-state index contributed by atoms with van der Waals surface area (Å²) in [6, 6.07) is 0.713. The Hall–Kier alpha value is -0.610. The van der Waals surface area contributed by atoms with Crippen molar-refractivity contribution in [2.75, 3.05) is 33.2 Å². The maximum absolute atomic E-state index is 11.0. The lowest BCUT2D eigenvalue weighted by atomic mass is 10.2. The number of carbonyl (C=O) groups excluding carboxylic acids is 1. The average molecular weight is 227 g/mol. The summed E-state index contributed by atoms with van der Waals surface area (Å²) in [5.41, 5.74) is 0. The zero-order valence-corrected chi connectivity index (χ0v) is 10.6. The fourth-order valence-electron chi connectivity index (χ4n) is 2.31. The van der Waals surface area contributed by atoms with Gasteiger partial charge in [0.25, 0.3) is 0 Å². The molecule has 0 spiro atoms. The van der Waals surface area contributed by atoms with Crippen molar-refractivity contribution in [3.05, 3.63) is 0 Å². The maximum atomic E-state index is 11.0. The highest BCUT2D eigenvalue weighted by molar-refractivity contribution is 5.75. The molecule has 1 amide bonds. The predicted octanol–water partition coefficient (Wildman–Crippen LogP) is 0.587. The third-order valence-electron chi connectivity index (χ3n) is 3.32. The van der Waals surface area contributed by atoms with Gasteiger partial charge < -0.3 is 10.6 Å². The fourth-order valence-corrected chi connectivity index (χ4v) is 2.31. The number of likely N-dealkylation sites (tertiary alicyclic amines) is 1. The Labute approximate surface area is 98.8 Å². The van der Waals surface area contributed by atoms with Crippen LogP contribution >= 0.6 is 0 Å². The number of likely N-dealkylation sites (N-methyl/N-ethyl adjacent to an activating group) is 1. The van der Waals surface area contributed by atoms with E-state index >= 15 is 0 Å². The molecule has 1 rings (SSSR count). The predicted molar refractivity (Wildman–Crippen MR) is 66.4 cm³/mol. The highest BCUT2D eigenvalue weighted by Gasteiger charge is 2.21. The van der Waals surface area contributed by atoms with Crippen molar-refractivity contribution in [1.29, 1.82) is 0 Å². The van der Waals surface area contributed by atoms with Crippen LogP contribution in [0.2, 0.25) is 0 Å². The molecule has 1 atom stereocenters. The van der Waals surface area contributed by atoms with Crippen LogP contribution < -0.4 is 10.6 Å². The first-order valence-corrected chi connectivity index (χ1v) is 6.43. The van der Waals surface area contributed by atoms with E-state index in [2.05, 4.69) is 22.5 Å². The molecule has 0 aromatic carbocycles. The van der Waals surface area contributed by atoms with E-state index in [4.69, 9.17) is 0 Å². The van der Waals surface area contributed by atoms with Crippen LogP contribution in [0.3, 0.4) is 0 Å². The normalized spacial score (nSPS) is 21.2. The van der Waals surface area contributed by atoms with E-state index in [0.29, 0.717) is 12.5 Å². The summed E-state index contributed by atoms with van der Waals surface area (Å²) in [6.45, 7) is 6.65. The number of amides is 1. The number of carbonyl (C=O) groups is 1. The van der Waals surface area contributed by atoms with E-state index < -0.39 is 0 Å². The molecule has 1 aliphatic rings. The first kappa shape index (κ1) is 13.5. The third-order valence-corrected chi connectivity index (χ3v) is 3.32. The number of nitrogens with one attached hydrogen (secondary N) is 2. The smallest absolute Gasteiger partial charge is 0.219 e. The summed E-state index contributed by atoms with van der Waals surface area (Å²) >= 11 is 0. The van der Waals surface area contributed by atoms with E-state index in [1.807, 2.05) is 0 Å². The van der Waals surface area contributed by atoms with Crippen molar-refractivity contribution >= 4 is 5.91 Å². The monoisotopic (exact) mass is 227 g/mol. The van der Waals surface area contributed by atoms with E-state index in [1.165, 1.54) is 19.4 Å². The summed E-state index contributed by atoms with van der Waals surface area (Å²) in [5, 5.41) is 6.09. The van der Waals surface area contributed by atoms with Crippen LogP contribution in [0.15, 0.2) is 0 Å². The van der Waals surface area contributed by atoms with Crippen LogP contribution in [0.1, 0.15) is 32.6 Å². The van der Waals surface area contributed by atoms with Gasteiger partial charge in [-0.25, -0.2) is 0 Å². The molecule has 0 aromatic rings. The molecule has 1 fully saturated rings. The molecule has 1 aliphatic heterocycles. The lowest BCUT2D eigenvalue weighted by Crippen LogP contribution is -2.38. The molecule has 1 saturated heterocycles. The van der Waals surface area contributed by atoms with Gasteiger partial charge in [-0.3, -0.25) is 9.69 Å². The summed E-state index contributed by atoms with van der Waals surface area (Å²) in [6.07, 6.45) is 4.21. The van der Waals surface area contributed by atoms with Crippen LogP contribution in [0, 0.1) is 0 Å². The molecule has 16 heavy (non-hydrogen) atoms. The quantitative estimate of drug-likeness (QED) is 0.626. The Morgan fingerprint density at radius 1 is 1.50 bits per heavy atom. The summed E-state index contributed by atoms with van der Waals surface area (Å²) in [7, 11) is 1.69. The zero-order chi connectivity index (χ0) is 11.8.